The molecule has 3 N–H and O–H groups in total. The Bertz CT molecular complexity index is 1150. The second kappa shape index (κ2) is 9.59. The maximum Gasteiger partial charge on any atom is 0.229 e. The molecule has 0 fully saturated rings. The lowest BCUT2D eigenvalue weighted by Crippen LogP contribution is -2.03. The van der Waals surface area contributed by atoms with Crippen LogP contribution in [0.4, 0.5) is 23.3 Å². The highest BCUT2D eigenvalue weighted by Gasteiger charge is 2.06. The predicted octanol–water partition coefficient (Wildman–Crippen LogP) is 3.50. The molecule has 0 aliphatic carbocycles. The van der Waals surface area contributed by atoms with Crippen molar-refractivity contribution in [3.8, 4) is 17.3 Å². The molecule has 0 atom stereocenters. The molecule has 4 rings (SSSR count). The van der Waals surface area contributed by atoms with Gasteiger partial charge in [0.2, 0.25) is 5.95 Å². The molecule has 0 bridgehead atoms. The monoisotopic (exact) mass is 415 g/mol. The van der Waals surface area contributed by atoms with Gasteiger partial charge in [-0.3, -0.25) is 0 Å². The highest BCUT2D eigenvalue weighted by atomic mass is 16.5. The van der Waals surface area contributed by atoms with E-state index in [2.05, 4.69) is 35.6 Å². The van der Waals surface area contributed by atoms with Crippen LogP contribution < -0.4 is 15.4 Å². The number of rotatable bonds is 8. The molecule has 9 nitrogen and oxygen atoms in total. The van der Waals surface area contributed by atoms with Gasteiger partial charge in [-0.1, -0.05) is 6.07 Å². The minimum absolute atomic E-state index is 0.0248. The first kappa shape index (κ1) is 20.2. The number of aryl methyl sites for hydroxylation is 1. The van der Waals surface area contributed by atoms with E-state index < -0.39 is 0 Å². The van der Waals surface area contributed by atoms with Gasteiger partial charge in [0.1, 0.15) is 29.7 Å². The van der Waals surface area contributed by atoms with Crippen LogP contribution >= 0.6 is 0 Å². The van der Waals surface area contributed by atoms with Gasteiger partial charge >= 0.3 is 0 Å². The van der Waals surface area contributed by atoms with E-state index in [0.717, 1.165) is 11.4 Å². The van der Waals surface area contributed by atoms with Crippen LogP contribution in [0, 0.1) is 6.92 Å². The lowest BCUT2D eigenvalue weighted by atomic mass is 10.3. The van der Waals surface area contributed by atoms with Gasteiger partial charge in [-0.05, 0) is 55.5 Å². The fraction of sp³-hybridized carbons (Fsp3) is 0.136. The molecular formula is C22H21N7O2. The minimum Gasteiger partial charge on any atom is -0.491 e. The number of aliphatic hydroxyl groups excluding tert-OH is 1. The summed E-state index contributed by atoms with van der Waals surface area (Å²) in [4.78, 5) is 22.0. The van der Waals surface area contributed by atoms with Crippen molar-refractivity contribution in [3.05, 3.63) is 72.7 Å². The van der Waals surface area contributed by atoms with Crippen molar-refractivity contribution in [2.75, 3.05) is 23.8 Å². The molecule has 156 valence electrons. The van der Waals surface area contributed by atoms with E-state index in [0.29, 0.717) is 34.9 Å². The van der Waals surface area contributed by atoms with E-state index in [9.17, 15) is 0 Å². The molecule has 0 aliphatic heterocycles. The van der Waals surface area contributed by atoms with Gasteiger partial charge in [-0.15, -0.1) is 0 Å². The molecule has 0 unspecified atom stereocenters. The molecule has 0 aliphatic rings. The molecule has 31 heavy (non-hydrogen) atoms. The first-order chi connectivity index (χ1) is 15.2. The Morgan fingerprint density at radius 3 is 2.39 bits per heavy atom. The minimum atomic E-state index is -0.0248. The molecule has 0 radical (unpaired) electrons. The number of pyridine rings is 1. The molecule has 9 heteroatoms. The Kier molecular flexibility index (Phi) is 6.24. The SMILES string of the molecule is Cc1cccc(-c2nccc(Nc3ccnc(Nc4ccc(OCCO)cc4)n3)n2)n1. The zero-order valence-corrected chi connectivity index (χ0v) is 16.9. The molecule has 3 heterocycles. The Morgan fingerprint density at radius 2 is 1.61 bits per heavy atom. The van der Waals surface area contributed by atoms with Crippen LogP contribution in [0.25, 0.3) is 11.5 Å². The lowest BCUT2D eigenvalue weighted by molar-refractivity contribution is 0.201. The average molecular weight is 415 g/mol. The first-order valence-corrected chi connectivity index (χ1v) is 9.67. The van der Waals surface area contributed by atoms with Crippen LogP contribution in [0.2, 0.25) is 0 Å². The standard InChI is InChI=1S/C22H21N7O2/c1-15-3-2-4-18(25-15)21-23-11-9-19(28-21)27-20-10-12-24-22(29-20)26-16-5-7-17(8-6-16)31-14-13-30/h2-12,30H,13-14H2,1H3,(H2,23,24,26,27,28,29). The Labute approximate surface area is 179 Å². The molecule has 4 aromatic rings. The topological polar surface area (TPSA) is 118 Å². The summed E-state index contributed by atoms with van der Waals surface area (Å²) in [6.07, 6.45) is 3.33. The highest BCUT2D eigenvalue weighted by Crippen LogP contribution is 2.20. The normalized spacial score (nSPS) is 10.5. The molecule has 0 amide bonds. The second-order valence-corrected chi connectivity index (χ2v) is 6.54. The van der Waals surface area contributed by atoms with Crippen molar-refractivity contribution in [3.63, 3.8) is 0 Å². The van der Waals surface area contributed by atoms with Gasteiger partial charge in [0.25, 0.3) is 0 Å². The third kappa shape index (κ3) is 5.49. The van der Waals surface area contributed by atoms with E-state index in [4.69, 9.17) is 9.84 Å². The molecule has 1 aromatic carbocycles. The number of anilines is 4. The Morgan fingerprint density at radius 1 is 0.839 bits per heavy atom. The van der Waals surface area contributed by atoms with E-state index in [1.165, 1.54) is 0 Å². The van der Waals surface area contributed by atoms with Crippen molar-refractivity contribution < 1.29 is 9.84 Å². The summed E-state index contributed by atoms with van der Waals surface area (Å²) in [6, 6.07) is 16.6. The number of hydrogen-bond acceptors (Lipinski definition) is 9. The highest BCUT2D eigenvalue weighted by molar-refractivity contribution is 5.59. The van der Waals surface area contributed by atoms with Gasteiger partial charge in [0.15, 0.2) is 5.82 Å². The van der Waals surface area contributed by atoms with Crippen molar-refractivity contribution in [1.82, 2.24) is 24.9 Å². The smallest absolute Gasteiger partial charge is 0.229 e. The van der Waals surface area contributed by atoms with Gasteiger partial charge in [-0.2, -0.15) is 4.98 Å². The fourth-order valence-electron chi connectivity index (χ4n) is 2.77. The van der Waals surface area contributed by atoms with Crippen molar-refractivity contribution in [1.29, 1.82) is 0 Å². The lowest BCUT2D eigenvalue weighted by Gasteiger charge is -2.09. The summed E-state index contributed by atoms with van der Waals surface area (Å²) in [6.45, 7) is 2.16. The third-order valence-electron chi connectivity index (χ3n) is 4.16. The average Bonchev–Trinajstić information content (AvgIpc) is 2.79. The maximum atomic E-state index is 8.82. The number of nitrogens with zero attached hydrogens (tertiary/aromatic N) is 5. The predicted molar refractivity (Wildman–Crippen MR) is 118 cm³/mol. The third-order valence-corrected chi connectivity index (χ3v) is 4.16. The van der Waals surface area contributed by atoms with Crippen LogP contribution in [0.15, 0.2) is 67.0 Å². The quantitative estimate of drug-likeness (QED) is 0.397. The Balaban J connectivity index is 1.46. The molecule has 0 spiro atoms. The summed E-state index contributed by atoms with van der Waals surface area (Å²) >= 11 is 0. The number of ether oxygens (including phenoxy) is 1. The van der Waals surface area contributed by atoms with Gasteiger partial charge in [-0.25, -0.2) is 19.9 Å². The maximum absolute atomic E-state index is 8.82. The zero-order chi connectivity index (χ0) is 21.5. The number of aliphatic hydroxyl groups is 1. The number of aromatic nitrogens is 5. The molecule has 3 aromatic heterocycles. The number of nitrogens with one attached hydrogen (secondary N) is 2. The van der Waals surface area contributed by atoms with Crippen LogP contribution in [-0.2, 0) is 0 Å². The summed E-state index contributed by atoms with van der Waals surface area (Å²) in [5.41, 5.74) is 2.42. The zero-order valence-electron chi connectivity index (χ0n) is 16.9. The second-order valence-electron chi connectivity index (χ2n) is 6.54. The summed E-state index contributed by atoms with van der Waals surface area (Å²) in [5, 5.41) is 15.1. The van der Waals surface area contributed by atoms with E-state index in [-0.39, 0.29) is 13.2 Å². The van der Waals surface area contributed by atoms with Crippen molar-refractivity contribution >= 4 is 23.3 Å². The Hall–Kier alpha value is -4.11. The first-order valence-electron chi connectivity index (χ1n) is 9.67. The van der Waals surface area contributed by atoms with E-state index >= 15 is 0 Å². The van der Waals surface area contributed by atoms with Crippen LogP contribution in [0.1, 0.15) is 5.69 Å². The van der Waals surface area contributed by atoms with Crippen LogP contribution in [-0.4, -0.2) is 43.2 Å². The van der Waals surface area contributed by atoms with Crippen molar-refractivity contribution in [2.24, 2.45) is 0 Å². The van der Waals surface area contributed by atoms with Gasteiger partial charge < -0.3 is 20.5 Å². The van der Waals surface area contributed by atoms with Gasteiger partial charge in [0.05, 0.1) is 6.61 Å². The molecule has 0 saturated carbocycles. The van der Waals surface area contributed by atoms with Crippen LogP contribution in [0.5, 0.6) is 5.75 Å². The van der Waals surface area contributed by atoms with E-state index in [1.54, 1.807) is 24.5 Å². The number of benzene rings is 1. The van der Waals surface area contributed by atoms with E-state index in [1.807, 2.05) is 49.4 Å². The fourth-order valence-corrected chi connectivity index (χ4v) is 2.77. The molecule has 0 saturated heterocycles. The summed E-state index contributed by atoms with van der Waals surface area (Å²) in [5.74, 6) is 2.83. The largest absolute Gasteiger partial charge is 0.491 e. The van der Waals surface area contributed by atoms with Crippen LogP contribution in [0.3, 0.4) is 0 Å². The van der Waals surface area contributed by atoms with Crippen molar-refractivity contribution in [2.45, 2.75) is 6.92 Å². The molecular weight excluding hydrogens is 394 g/mol. The van der Waals surface area contributed by atoms with Gasteiger partial charge in [0, 0.05) is 23.8 Å². The number of hydrogen-bond donors (Lipinski definition) is 3. The summed E-state index contributed by atoms with van der Waals surface area (Å²) in [7, 11) is 0. The summed E-state index contributed by atoms with van der Waals surface area (Å²) < 4.78 is 5.36.